The SMILES string of the molecule is C=CCN(C(=O)[C@@H]1[C@@H]2CCC3(O2)C(C(=O)N(CC=C)c2ccccc2Cl)N([C@@H](CO)C(C)C)C(=O)[C@H]13)c1ccccc1. The Balaban J connectivity index is 1.62. The van der Waals surface area contributed by atoms with E-state index in [-0.39, 0.29) is 43.3 Å². The fourth-order valence-electron chi connectivity index (χ4n) is 7.12. The summed E-state index contributed by atoms with van der Waals surface area (Å²) < 4.78 is 6.66. The molecule has 222 valence electrons. The minimum atomic E-state index is -1.22. The Morgan fingerprint density at radius 3 is 2.33 bits per heavy atom. The zero-order chi connectivity index (χ0) is 30.2. The summed E-state index contributed by atoms with van der Waals surface area (Å²) in [5.41, 5.74) is -0.0400. The van der Waals surface area contributed by atoms with Crippen LogP contribution in [0.15, 0.2) is 79.9 Å². The van der Waals surface area contributed by atoms with Gasteiger partial charge in [-0.15, -0.1) is 13.2 Å². The van der Waals surface area contributed by atoms with E-state index in [1.807, 2.05) is 44.2 Å². The summed E-state index contributed by atoms with van der Waals surface area (Å²) in [4.78, 5) is 48.2. The third-order valence-corrected chi connectivity index (χ3v) is 9.26. The van der Waals surface area contributed by atoms with Crippen LogP contribution in [0.1, 0.15) is 26.7 Å². The van der Waals surface area contributed by atoms with Gasteiger partial charge in [-0.2, -0.15) is 0 Å². The Labute approximate surface area is 252 Å². The monoisotopic (exact) mass is 591 g/mol. The van der Waals surface area contributed by atoms with Gasteiger partial charge in [0.1, 0.15) is 11.6 Å². The van der Waals surface area contributed by atoms with E-state index < -0.39 is 35.6 Å². The number of hydrogen-bond donors (Lipinski definition) is 1. The van der Waals surface area contributed by atoms with Crippen LogP contribution in [0, 0.1) is 17.8 Å². The van der Waals surface area contributed by atoms with Gasteiger partial charge in [-0.1, -0.05) is 67.9 Å². The number of para-hydroxylation sites is 2. The first-order valence-corrected chi connectivity index (χ1v) is 14.8. The van der Waals surface area contributed by atoms with Crippen molar-refractivity contribution in [1.82, 2.24) is 4.90 Å². The standard InChI is InChI=1S/C33H38ClN3O5/c1-5-18-35(22-12-8-7-9-13-22)30(39)27-26-16-17-33(42-26)28(27)31(40)37(25(20-38)21(3)4)29(33)32(41)36(19-6-2)24-15-11-10-14-23(24)34/h5-15,21,25-29,38H,1-2,16-20H2,3-4H3/t25-,26-,27+,28-,29?,33?/m0/s1. The van der Waals surface area contributed by atoms with Crippen molar-refractivity contribution in [3.05, 3.63) is 84.9 Å². The normalized spacial score (nSPS) is 26.7. The predicted molar refractivity (Wildman–Crippen MR) is 163 cm³/mol. The number of carbonyl (C=O) groups excluding carboxylic acids is 3. The molecular weight excluding hydrogens is 554 g/mol. The highest BCUT2D eigenvalue weighted by Crippen LogP contribution is 2.59. The zero-order valence-corrected chi connectivity index (χ0v) is 24.8. The van der Waals surface area contributed by atoms with E-state index in [1.165, 1.54) is 9.80 Å². The lowest BCUT2D eigenvalue weighted by Gasteiger charge is -2.40. The lowest BCUT2D eigenvalue weighted by atomic mass is 9.70. The number of ether oxygens (including phenoxy) is 1. The van der Waals surface area contributed by atoms with Gasteiger partial charge in [-0.05, 0) is 43.0 Å². The summed E-state index contributed by atoms with van der Waals surface area (Å²) in [6.07, 6.45) is 3.72. The van der Waals surface area contributed by atoms with Gasteiger partial charge in [-0.25, -0.2) is 0 Å². The molecule has 1 spiro atoms. The molecule has 3 heterocycles. The minimum Gasteiger partial charge on any atom is -0.394 e. The van der Waals surface area contributed by atoms with Crippen molar-refractivity contribution in [2.45, 2.75) is 50.5 Å². The van der Waals surface area contributed by atoms with Crippen molar-refractivity contribution >= 4 is 40.7 Å². The minimum absolute atomic E-state index is 0.153. The third-order valence-electron chi connectivity index (χ3n) is 8.94. The number of halogens is 1. The number of aliphatic hydroxyl groups is 1. The Morgan fingerprint density at radius 1 is 1.07 bits per heavy atom. The predicted octanol–water partition coefficient (Wildman–Crippen LogP) is 4.47. The smallest absolute Gasteiger partial charge is 0.253 e. The van der Waals surface area contributed by atoms with E-state index in [0.29, 0.717) is 29.2 Å². The van der Waals surface area contributed by atoms with Crippen LogP contribution in [0.25, 0.3) is 0 Å². The highest BCUT2D eigenvalue weighted by atomic mass is 35.5. The van der Waals surface area contributed by atoms with Crippen LogP contribution >= 0.6 is 11.6 Å². The maximum absolute atomic E-state index is 14.7. The third kappa shape index (κ3) is 4.75. The number of aliphatic hydroxyl groups excluding tert-OH is 1. The topological polar surface area (TPSA) is 90.4 Å². The lowest BCUT2D eigenvalue weighted by molar-refractivity contribution is -0.145. The molecule has 9 heteroatoms. The van der Waals surface area contributed by atoms with Crippen LogP contribution < -0.4 is 9.80 Å². The molecule has 0 saturated carbocycles. The van der Waals surface area contributed by atoms with Crippen molar-refractivity contribution in [2.24, 2.45) is 17.8 Å². The molecule has 1 N–H and O–H groups in total. The molecule has 2 bridgehead atoms. The van der Waals surface area contributed by atoms with E-state index in [2.05, 4.69) is 13.2 Å². The first kappa shape index (κ1) is 30.0. The van der Waals surface area contributed by atoms with Crippen LogP contribution in [0.5, 0.6) is 0 Å². The number of rotatable bonds is 11. The van der Waals surface area contributed by atoms with Gasteiger partial charge >= 0.3 is 0 Å². The summed E-state index contributed by atoms with van der Waals surface area (Å²) in [6, 6.07) is 14.6. The second kappa shape index (κ2) is 12.0. The van der Waals surface area contributed by atoms with Crippen molar-refractivity contribution < 1.29 is 24.2 Å². The number of nitrogens with zero attached hydrogens (tertiary/aromatic N) is 3. The van der Waals surface area contributed by atoms with E-state index in [4.69, 9.17) is 16.3 Å². The van der Waals surface area contributed by atoms with Gasteiger partial charge in [0, 0.05) is 18.8 Å². The largest absolute Gasteiger partial charge is 0.394 e. The van der Waals surface area contributed by atoms with Crippen molar-refractivity contribution in [1.29, 1.82) is 0 Å². The molecule has 2 aromatic rings. The molecule has 6 atom stereocenters. The van der Waals surface area contributed by atoms with E-state index >= 15 is 0 Å². The highest BCUT2D eigenvalue weighted by molar-refractivity contribution is 6.34. The summed E-state index contributed by atoms with van der Waals surface area (Å²) in [6.45, 7) is 11.6. The average molecular weight is 592 g/mol. The second-order valence-corrected chi connectivity index (χ2v) is 12.0. The molecule has 3 saturated heterocycles. The van der Waals surface area contributed by atoms with Crippen LogP contribution in [0.4, 0.5) is 11.4 Å². The number of carbonyl (C=O) groups is 3. The number of benzene rings is 2. The van der Waals surface area contributed by atoms with Crippen molar-refractivity contribution in [2.75, 3.05) is 29.5 Å². The van der Waals surface area contributed by atoms with Crippen LogP contribution in [-0.4, -0.2) is 71.2 Å². The van der Waals surface area contributed by atoms with Crippen molar-refractivity contribution in [3.63, 3.8) is 0 Å². The first-order valence-electron chi connectivity index (χ1n) is 14.5. The zero-order valence-electron chi connectivity index (χ0n) is 24.1. The molecule has 3 aliphatic rings. The molecule has 0 aromatic heterocycles. The fraction of sp³-hybridized carbons (Fsp3) is 0.424. The molecule has 5 rings (SSSR count). The number of fused-ring (bicyclic) bond motifs is 1. The van der Waals surface area contributed by atoms with Gasteiger partial charge in [0.25, 0.3) is 5.91 Å². The number of anilines is 2. The van der Waals surface area contributed by atoms with Crippen LogP contribution in [-0.2, 0) is 19.1 Å². The molecule has 0 aliphatic carbocycles. The Kier molecular flexibility index (Phi) is 8.60. The van der Waals surface area contributed by atoms with Gasteiger partial charge in [0.2, 0.25) is 11.8 Å². The Bertz CT molecular complexity index is 1370. The molecule has 3 fully saturated rings. The molecule has 3 aliphatic heterocycles. The van der Waals surface area contributed by atoms with Crippen LogP contribution in [0.3, 0.4) is 0 Å². The molecule has 2 aromatic carbocycles. The summed E-state index contributed by atoms with van der Waals surface area (Å²) >= 11 is 6.55. The quantitative estimate of drug-likeness (QED) is 0.390. The first-order chi connectivity index (χ1) is 20.2. The number of amides is 3. The molecule has 0 radical (unpaired) electrons. The van der Waals surface area contributed by atoms with Gasteiger partial charge in [-0.3, -0.25) is 14.4 Å². The average Bonchev–Trinajstić information content (AvgIpc) is 3.63. The van der Waals surface area contributed by atoms with E-state index in [1.54, 1.807) is 41.3 Å². The van der Waals surface area contributed by atoms with Crippen LogP contribution in [0.2, 0.25) is 5.02 Å². The highest BCUT2D eigenvalue weighted by Gasteiger charge is 2.75. The number of likely N-dealkylation sites (tertiary alicyclic amines) is 1. The summed E-state index contributed by atoms with van der Waals surface area (Å²) in [7, 11) is 0. The van der Waals surface area contributed by atoms with E-state index in [0.717, 1.165) is 0 Å². The molecular formula is C33H38ClN3O5. The van der Waals surface area contributed by atoms with Gasteiger partial charge in [0.05, 0.1) is 41.3 Å². The Hall–Kier alpha value is -3.46. The Morgan fingerprint density at radius 2 is 1.71 bits per heavy atom. The van der Waals surface area contributed by atoms with E-state index in [9.17, 15) is 19.5 Å². The maximum atomic E-state index is 14.7. The molecule has 2 unspecified atom stereocenters. The molecule has 8 nitrogen and oxygen atoms in total. The fourth-order valence-corrected chi connectivity index (χ4v) is 7.36. The van der Waals surface area contributed by atoms with Crippen molar-refractivity contribution in [3.8, 4) is 0 Å². The van der Waals surface area contributed by atoms with Gasteiger partial charge in [0.15, 0.2) is 0 Å². The maximum Gasteiger partial charge on any atom is 0.253 e. The lowest BCUT2D eigenvalue weighted by Crippen LogP contribution is -2.59. The summed E-state index contributed by atoms with van der Waals surface area (Å²) in [5, 5.41) is 10.9. The molecule has 3 amide bonds. The van der Waals surface area contributed by atoms with Gasteiger partial charge < -0.3 is 24.5 Å². The second-order valence-electron chi connectivity index (χ2n) is 11.6. The molecule has 42 heavy (non-hydrogen) atoms. The summed E-state index contributed by atoms with van der Waals surface area (Å²) in [5.74, 6) is -2.78. The number of hydrogen-bond acceptors (Lipinski definition) is 5.